The number of rotatable bonds is 13. The van der Waals surface area contributed by atoms with Crippen molar-refractivity contribution in [3.8, 4) is 44.7 Å². The summed E-state index contributed by atoms with van der Waals surface area (Å²) in [5, 5.41) is 9.93. The first-order chi connectivity index (χ1) is 20.1. The van der Waals surface area contributed by atoms with Gasteiger partial charge in [0.15, 0.2) is 0 Å². The number of benzene rings is 4. The summed E-state index contributed by atoms with van der Waals surface area (Å²) in [4.78, 5) is 14.2. The van der Waals surface area contributed by atoms with Crippen LogP contribution in [0.15, 0.2) is 102 Å². The Kier molecular flexibility index (Phi) is 9.55. The van der Waals surface area contributed by atoms with Gasteiger partial charge in [0.25, 0.3) is 0 Å². The average molecular weight is 566 g/mol. The largest absolute Gasteiger partial charge is 0.494 e. The highest BCUT2D eigenvalue weighted by Gasteiger charge is 2.10. The van der Waals surface area contributed by atoms with Crippen LogP contribution >= 0.6 is 11.3 Å². The minimum Gasteiger partial charge on any atom is -0.494 e. The third kappa shape index (κ3) is 7.68. The standard InChI is InChI=1S/C35H35NO4S/c1-2-10-28-23-32(40-30-19-16-27(17-20-30)25-11-5-3-6-12-25)21-18-26(28)13-7-4-8-22-39-31-15-9-14-29(24-31)33-34(37)36-35(38)41-33/h3,5-6,9,11-12,14-21,23-24,37H,2,4,7-8,10,13,22H2,1H3,(H,36,38). The van der Waals surface area contributed by atoms with Gasteiger partial charge in [0.2, 0.25) is 5.88 Å². The van der Waals surface area contributed by atoms with Crippen molar-refractivity contribution in [1.29, 1.82) is 0 Å². The van der Waals surface area contributed by atoms with E-state index in [2.05, 4.69) is 66.5 Å². The molecule has 0 saturated heterocycles. The molecule has 41 heavy (non-hydrogen) atoms. The maximum atomic E-state index is 11.5. The summed E-state index contributed by atoms with van der Waals surface area (Å²) in [7, 11) is 0. The fourth-order valence-electron chi connectivity index (χ4n) is 4.92. The Balaban J connectivity index is 1.10. The van der Waals surface area contributed by atoms with E-state index in [9.17, 15) is 9.90 Å². The maximum Gasteiger partial charge on any atom is 0.307 e. The van der Waals surface area contributed by atoms with Crippen LogP contribution in [0, 0.1) is 0 Å². The number of nitrogens with one attached hydrogen (secondary N) is 1. The molecule has 0 aliphatic heterocycles. The molecule has 0 radical (unpaired) electrons. The Morgan fingerprint density at radius 1 is 0.707 bits per heavy atom. The first-order valence-electron chi connectivity index (χ1n) is 14.2. The summed E-state index contributed by atoms with van der Waals surface area (Å²) in [6.45, 7) is 2.83. The minimum absolute atomic E-state index is 0.100. The number of thiazole rings is 1. The van der Waals surface area contributed by atoms with Crippen molar-refractivity contribution in [3.63, 3.8) is 0 Å². The summed E-state index contributed by atoms with van der Waals surface area (Å²) in [5.41, 5.74) is 5.88. The van der Waals surface area contributed by atoms with Gasteiger partial charge >= 0.3 is 4.87 Å². The molecule has 0 fully saturated rings. The van der Waals surface area contributed by atoms with Gasteiger partial charge in [-0.05, 0) is 90.8 Å². The topological polar surface area (TPSA) is 71.5 Å². The normalized spacial score (nSPS) is 11.0. The molecule has 210 valence electrons. The Labute approximate surface area is 245 Å². The summed E-state index contributed by atoms with van der Waals surface area (Å²) in [6.07, 6.45) is 6.26. The predicted octanol–water partition coefficient (Wildman–Crippen LogP) is 9.01. The van der Waals surface area contributed by atoms with E-state index in [1.807, 2.05) is 42.5 Å². The molecule has 0 unspecified atom stereocenters. The number of aryl methyl sites for hydroxylation is 2. The number of aromatic amines is 1. The van der Waals surface area contributed by atoms with Gasteiger partial charge in [-0.25, -0.2) is 0 Å². The fraction of sp³-hybridized carbons (Fsp3) is 0.229. The lowest BCUT2D eigenvalue weighted by Crippen LogP contribution is -1.99. The molecule has 0 amide bonds. The second-order valence-corrected chi connectivity index (χ2v) is 11.0. The number of unbranched alkanes of at least 4 members (excludes halogenated alkanes) is 2. The van der Waals surface area contributed by atoms with Crippen molar-refractivity contribution < 1.29 is 14.6 Å². The fourth-order valence-corrected chi connectivity index (χ4v) is 5.65. The molecule has 0 spiro atoms. The lowest BCUT2D eigenvalue weighted by atomic mass is 9.98. The van der Waals surface area contributed by atoms with Gasteiger partial charge in [0.05, 0.1) is 11.5 Å². The summed E-state index contributed by atoms with van der Waals surface area (Å²) >= 11 is 0.990. The number of hydrogen-bond donors (Lipinski definition) is 2. The third-order valence-electron chi connectivity index (χ3n) is 6.98. The van der Waals surface area contributed by atoms with E-state index in [0.29, 0.717) is 11.5 Å². The van der Waals surface area contributed by atoms with Gasteiger partial charge in [0, 0.05) is 5.56 Å². The lowest BCUT2D eigenvalue weighted by Gasteiger charge is -2.13. The number of hydrogen-bond acceptors (Lipinski definition) is 5. The second kappa shape index (κ2) is 13.9. The number of aromatic hydroxyl groups is 1. The molecule has 0 aliphatic rings. The number of aromatic nitrogens is 1. The Hall–Kier alpha value is -4.29. The van der Waals surface area contributed by atoms with Crippen LogP contribution in [-0.2, 0) is 12.8 Å². The van der Waals surface area contributed by atoms with Gasteiger partial charge in [-0.2, -0.15) is 0 Å². The highest BCUT2D eigenvalue weighted by Crippen LogP contribution is 2.32. The van der Waals surface area contributed by atoms with Crippen molar-refractivity contribution >= 4 is 11.3 Å². The molecule has 0 atom stereocenters. The highest BCUT2D eigenvalue weighted by atomic mass is 32.1. The SMILES string of the molecule is CCCc1cc(Oc2ccc(-c3ccccc3)cc2)ccc1CCCCCOc1cccc(-c2sc(=O)[nH]c2O)c1. The average Bonchev–Trinajstić information content (AvgIpc) is 3.34. The van der Waals surface area contributed by atoms with E-state index in [-0.39, 0.29) is 10.8 Å². The van der Waals surface area contributed by atoms with E-state index < -0.39 is 0 Å². The molecule has 0 bridgehead atoms. The number of H-pyrrole nitrogens is 1. The van der Waals surface area contributed by atoms with Crippen molar-refractivity contribution in [1.82, 2.24) is 4.98 Å². The van der Waals surface area contributed by atoms with Crippen LogP contribution in [-0.4, -0.2) is 16.7 Å². The molecule has 1 heterocycles. The van der Waals surface area contributed by atoms with E-state index in [1.54, 1.807) is 0 Å². The zero-order valence-electron chi connectivity index (χ0n) is 23.3. The molecular weight excluding hydrogens is 530 g/mol. The molecule has 1 aromatic heterocycles. The first kappa shape index (κ1) is 28.2. The predicted molar refractivity (Wildman–Crippen MR) is 167 cm³/mol. The van der Waals surface area contributed by atoms with E-state index in [0.717, 1.165) is 72.7 Å². The van der Waals surface area contributed by atoms with Crippen molar-refractivity contribution in [3.05, 3.63) is 118 Å². The molecule has 5 nitrogen and oxygen atoms in total. The molecule has 5 rings (SSSR count). The van der Waals surface area contributed by atoms with Crippen LogP contribution < -0.4 is 14.3 Å². The molecule has 0 saturated carbocycles. The smallest absolute Gasteiger partial charge is 0.307 e. The van der Waals surface area contributed by atoms with Gasteiger partial charge < -0.3 is 14.6 Å². The third-order valence-corrected chi connectivity index (χ3v) is 7.90. The highest BCUT2D eigenvalue weighted by molar-refractivity contribution is 7.13. The van der Waals surface area contributed by atoms with Crippen LogP contribution in [0.25, 0.3) is 21.6 Å². The van der Waals surface area contributed by atoms with Crippen molar-refractivity contribution in [2.24, 2.45) is 0 Å². The Bertz CT molecular complexity index is 1610. The molecule has 6 heteroatoms. The summed E-state index contributed by atoms with van der Waals surface area (Å²) in [5.74, 6) is 2.35. The van der Waals surface area contributed by atoms with Gasteiger partial charge in [-0.3, -0.25) is 9.78 Å². The minimum atomic E-state index is -0.276. The van der Waals surface area contributed by atoms with E-state index >= 15 is 0 Å². The van der Waals surface area contributed by atoms with Crippen molar-refractivity contribution in [2.75, 3.05) is 6.61 Å². The zero-order chi connectivity index (χ0) is 28.4. The zero-order valence-corrected chi connectivity index (χ0v) is 24.1. The van der Waals surface area contributed by atoms with Gasteiger partial charge in [-0.15, -0.1) is 0 Å². The lowest BCUT2D eigenvalue weighted by molar-refractivity contribution is 0.305. The maximum absolute atomic E-state index is 11.5. The molecule has 2 N–H and O–H groups in total. The van der Waals surface area contributed by atoms with E-state index in [4.69, 9.17) is 9.47 Å². The summed E-state index contributed by atoms with van der Waals surface area (Å²) in [6, 6.07) is 32.6. The van der Waals surface area contributed by atoms with Gasteiger partial charge in [0.1, 0.15) is 17.2 Å². The molecule has 0 aliphatic carbocycles. The molecule has 5 aromatic rings. The van der Waals surface area contributed by atoms with Crippen LogP contribution in [0.5, 0.6) is 23.1 Å². The second-order valence-electron chi connectivity index (χ2n) is 10.1. The van der Waals surface area contributed by atoms with Crippen LogP contribution in [0.3, 0.4) is 0 Å². The van der Waals surface area contributed by atoms with Crippen LogP contribution in [0.1, 0.15) is 43.7 Å². The summed E-state index contributed by atoms with van der Waals surface area (Å²) < 4.78 is 12.2. The van der Waals surface area contributed by atoms with E-state index in [1.165, 1.54) is 22.3 Å². The van der Waals surface area contributed by atoms with Crippen LogP contribution in [0.4, 0.5) is 0 Å². The van der Waals surface area contributed by atoms with Crippen LogP contribution in [0.2, 0.25) is 0 Å². The number of ether oxygens (including phenoxy) is 2. The molecular formula is C35H35NO4S. The Morgan fingerprint density at radius 3 is 2.22 bits per heavy atom. The quantitative estimate of drug-likeness (QED) is 0.140. The molecule has 4 aromatic carbocycles. The monoisotopic (exact) mass is 565 g/mol. The van der Waals surface area contributed by atoms with Gasteiger partial charge in [-0.1, -0.05) is 85.3 Å². The first-order valence-corrected chi connectivity index (χ1v) is 15.0. The van der Waals surface area contributed by atoms with Crippen molar-refractivity contribution in [2.45, 2.75) is 45.4 Å². The Morgan fingerprint density at radius 2 is 1.46 bits per heavy atom.